The highest BCUT2D eigenvalue weighted by molar-refractivity contribution is 5.94. The van der Waals surface area contributed by atoms with E-state index < -0.39 is 4.92 Å². The van der Waals surface area contributed by atoms with Crippen molar-refractivity contribution >= 4 is 11.6 Å². The number of methoxy groups -OCH3 is 1. The third-order valence-electron chi connectivity index (χ3n) is 3.24. The summed E-state index contributed by atoms with van der Waals surface area (Å²) in [6.45, 7) is 0.316. The molecule has 1 N–H and O–H groups in total. The van der Waals surface area contributed by atoms with Crippen molar-refractivity contribution in [2.24, 2.45) is 0 Å². The molecular weight excluding hydrogens is 284 g/mol. The normalized spacial score (nSPS) is 11.7. The summed E-state index contributed by atoms with van der Waals surface area (Å²) in [5, 5.41) is 13.3. The maximum atomic E-state index is 12.0. The van der Waals surface area contributed by atoms with Gasteiger partial charge in [0, 0.05) is 31.4 Å². The zero-order valence-electron chi connectivity index (χ0n) is 12.1. The molecule has 0 aromatic heterocycles. The molecule has 0 heterocycles. The summed E-state index contributed by atoms with van der Waals surface area (Å²) in [6.07, 6.45) is -0.247. The monoisotopic (exact) mass is 300 g/mol. The zero-order valence-corrected chi connectivity index (χ0v) is 12.1. The summed E-state index contributed by atoms with van der Waals surface area (Å²) in [7, 11) is 1.58. The second kappa shape index (κ2) is 7.33. The Bertz CT molecular complexity index is 641. The highest BCUT2D eigenvalue weighted by Crippen LogP contribution is 2.16. The number of hydrogen-bond acceptors (Lipinski definition) is 4. The molecule has 0 saturated carbocycles. The van der Waals surface area contributed by atoms with Gasteiger partial charge in [0.05, 0.1) is 11.0 Å². The van der Waals surface area contributed by atoms with Gasteiger partial charge in [0.1, 0.15) is 0 Å². The lowest BCUT2D eigenvalue weighted by atomic mass is 10.1. The van der Waals surface area contributed by atoms with Crippen molar-refractivity contribution in [3.8, 4) is 0 Å². The van der Waals surface area contributed by atoms with Gasteiger partial charge in [0.25, 0.3) is 11.6 Å². The van der Waals surface area contributed by atoms with Crippen LogP contribution in [0.4, 0.5) is 5.69 Å². The minimum Gasteiger partial charge on any atom is -0.375 e. The maximum Gasteiger partial charge on any atom is 0.269 e. The number of benzene rings is 2. The number of ether oxygens (including phenoxy) is 1. The highest BCUT2D eigenvalue weighted by atomic mass is 16.6. The Morgan fingerprint density at radius 3 is 2.36 bits per heavy atom. The molecule has 2 rings (SSSR count). The van der Waals surface area contributed by atoms with E-state index >= 15 is 0 Å². The Balaban J connectivity index is 1.98. The first-order valence-electron chi connectivity index (χ1n) is 6.72. The first-order chi connectivity index (χ1) is 10.6. The first kappa shape index (κ1) is 15.7. The van der Waals surface area contributed by atoms with E-state index in [0.717, 1.165) is 5.56 Å². The van der Waals surface area contributed by atoms with Gasteiger partial charge < -0.3 is 10.1 Å². The molecule has 2 aromatic rings. The lowest BCUT2D eigenvalue weighted by Gasteiger charge is -2.16. The fourth-order valence-corrected chi connectivity index (χ4v) is 2.03. The molecule has 0 aliphatic carbocycles. The minimum absolute atomic E-state index is 0.0457. The van der Waals surface area contributed by atoms with Crippen LogP contribution >= 0.6 is 0 Å². The van der Waals surface area contributed by atoms with E-state index in [1.54, 1.807) is 7.11 Å². The molecule has 0 fully saturated rings. The Morgan fingerprint density at radius 2 is 1.82 bits per heavy atom. The SMILES string of the molecule is COC(CNC(=O)c1ccc([N+](=O)[O-])cc1)c1ccccc1. The van der Waals surface area contributed by atoms with Gasteiger partial charge in [-0.15, -0.1) is 0 Å². The van der Waals surface area contributed by atoms with Crippen LogP contribution in [-0.4, -0.2) is 24.5 Å². The third-order valence-corrected chi connectivity index (χ3v) is 3.24. The van der Waals surface area contributed by atoms with Gasteiger partial charge in [0.2, 0.25) is 0 Å². The van der Waals surface area contributed by atoms with Crippen LogP contribution in [0.25, 0.3) is 0 Å². The molecule has 1 amide bonds. The van der Waals surface area contributed by atoms with Gasteiger partial charge in [-0.2, -0.15) is 0 Å². The van der Waals surface area contributed by atoms with E-state index in [4.69, 9.17) is 4.74 Å². The molecular formula is C16H16N2O4. The van der Waals surface area contributed by atoms with Crippen molar-refractivity contribution in [2.45, 2.75) is 6.10 Å². The van der Waals surface area contributed by atoms with E-state index in [2.05, 4.69) is 5.32 Å². The second-order valence-electron chi connectivity index (χ2n) is 4.65. The molecule has 1 atom stereocenters. The molecule has 1 unspecified atom stereocenters. The molecule has 0 bridgehead atoms. The van der Waals surface area contributed by atoms with E-state index in [1.807, 2.05) is 30.3 Å². The molecule has 2 aromatic carbocycles. The van der Waals surface area contributed by atoms with Gasteiger partial charge in [0.15, 0.2) is 0 Å². The smallest absolute Gasteiger partial charge is 0.269 e. The molecule has 0 aliphatic rings. The van der Waals surface area contributed by atoms with Crippen molar-refractivity contribution in [1.82, 2.24) is 5.32 Å². The molecule has 0 radical (unpaired) electrons. The number of rotatable bonds is 6. The van der Waals surface area contributed by atoms with Gasteiger partial charge >= 0.3 is 0 Å². The number of carbonyl (C=O) groups excluding carboxylic acids is 1. The van der Waals surface area contributed by atoms with Crippen molar-refractivity contribution < 1.29 is 14.5 Å². The largest absolute Gasteiger partial charge is 0.375 e. The van der Waals surface area contributed by atoms with Crippen molar-refractivity contribution in [2.75, 3.05) is 13.7 Å². The molecule has 0 saturated heterocycles. The van der Waals surface area contributed by atoms with Crippen LogP contribution in [-0.2, 0) is 4.74 Å². The van der Waals surface area contributed by atoms with E-state index in [0.29, 0.717) is 12.1 Å². The number of hydrogen-bond donors (Lipinski definition) is 1. The Hall–Kier alpha value is -2.73. The molecule has 6 heteroatoms. The molecule has 114 valence electrons. The number of amides is 1. The number of carbonyl (C=O) groups is 1. The maximum absolute atomic E-state index is 12.0. The summed E-state index contributed by atoms with van der Waals surface area (Å²) in [5.74, 6) is -0.298. The van der Waals surface area contributed by atoms with Crippen molar-refractivity contribution in [1.29, 1.82) is 0 Å². The highest BCUT2D eigenvalue weighted by Gasteiger charge is 2.13. The Kier molecular flexibility index (Phi) is 5.21. The minimum atomic E-state index is -0.502. The van der Waals surface area contributed by atoms with Crippen LogP contribution in [0.3, 0.4) is 0 Å². The zero-order chi connectivity index (χ0) is 15.9. The number of nitrogens with one attached hydrogen (secondary N) is 1. The fourth-order valence-electron chi connectivity index (χ4n) is 2.03. The second-order valence-corrected chi connectivity index (χ2v) is 4.65. The van der Waals surface area contributed by atoms with Crippen LogP contribution < -0.4 is 5.32 Å². The van der Waals surface area contributed by atoms with Crippen LogP contribution in [0.15, 0.2) is 54.6 Å². The third kappa shape index (κ3) is 3.89. The first-order valence-corrected chi connectivity index (χ1v) is 6.72. The lowest BCUT2D eigenvalue weighted by molar-refractivity contribution is -0.384. The van der Waals surface area contributed by atoms with Crippen LogP contribution in [0, 0.1) is 10.1 Å². The number of nitrogens with zero attached hydrogens (tertiary/aromatic N) is 1. The number of nitro benzene ring substituents is 1. The van der Waals surface area contributed by atoms with E-state index in [1.165, 1.54) is 24.3 Å². The van der Waals surface area contributed by atoms with E-state index in [9.17, 15) is 14.9 Å². The van der Waals surface area contributed by atoms with Crippen LogP contribution in [0.2, 0.25) is 0 Å². The summed E-state index contributed by atoms with van der Waals surface area (Å²) in [6, 6.07) is 15.0. The predicted molar refractivity (Wildman–Crippen MR) is 81.6 cm³/mol. The van der Waals surface area contributed by atoms with Crippen molar-refractivity contribution in [3.63, 3.8) is 0 Å². The van der Waals surface area contributed by atoms with Gasteiger partial charge in [-0.3, -0.25) is 14.9 Å². The summed E-state index contributed by atoms with van der Waals surface area (Å²) < 4.78 is 5.37. The number of nitro groups is 1. The number of non-ortho nitro benzene ring substituents is 1. The average molecular weight is 300 g/mol. The molecule has 6 nitrogen and oxygen atoms in total. The Morgan fingerprint density at radius 1 is 1.18 bits per heavy atom. The summed E-state index contributed by atoms with van der Waals surface area (Å²) in [4.78, 5) is 22.1. The topological polar surface area (TPSA) is 81.5 Å². The Labute approximate surface area is 127 Å². The summed E-state index contributed by atoms with van der Waals surface area (Å²) in [5.41, 5.74) is 1.29. The molecule has 0 spiro atoms. The lowest BCUT2D eigenvalue weighted by Crippen LogP contribution is -2.29. The van der Waals surface area contributed by atoms with Gasteiger partial charge in [-0.1, -0.05) is 30.3 Å². The van der Waals surface area contributed by atoms with Crippen molar-refractivity contribution in [3.05, 3.63) is 75.8 Å². The van der Waals surface area contributed by atoms with E-state index in [-0.39, 0.29) is 17.7 Å². The standard InChI is InChI=1S/C16H16N2O4/c1-22-15(12-5-3-2-4-6-12)11-17-16(19)13-7-9-14(10-8-13)18(20)21/h2-10,15H,11H2,1H3,(H,17,19). The molecule has 22 heavy (non-hydrogen) atoms. The van der Waals surface area contributed by atoms with Gasteiger partial charge in [-0.05, 0) is 17.7 Å². The molecule has 0 aliphatic heterocycles. The predicted octanol–water partition coefficient (Wildman–Crippen LogP) is 2.71. The summed E-state index contributed by atoms with van der Waals surface area (Å²) >= 11 is 0. The van der Waals surface area contributed by atoms with Crippen LogP contribution in [0.1, 0.15) is 22.0 Å². The van der Waals surface area contributed by atoms with Gasteiger partial charge in [-0.25, -0.2) is 0 Å². The van der Waals surface area contributed by atoms with Crippen LogP contribution in [0.5, 0.6) is 0 Å². The fraction of sp³-hybridized carbons (Fsp3) is 0.188. The average Bonchev–Trinajstić information content (AvgIpc) is 2.56. The quantitative estimate of drug-likeness (QED) is 0.657.